The van der Waals surface area contributed by atoms with Crippen LogP contribution >= 0.6 is 0 Å². The Kier molecular flexibility index (Phi) is 4.92. The molecule has 0 aromatic heterocycles. The molecule has 1 rings (SSSR count). The van der Waals surface area contributed by atoms with Crippen molar-refractivity contribution in [3.05, 3.63) is 35.4 Å². The van der Waals surface area contributed by atoms with Gasteiger partial charge in [-0.3, -0.25) is 0 Å². The predicted molar refractivity (Wildman–Crippen MR) is 70.9 cm³/mol. The van der Waals surface area contributed by atoms with E-state index < -0.39 is 33.9 Å². The zero-order chi connectivity index (χ0) is 14.8. The van der Waals surface area contributed by atoms with Gasteiger partial charge in [0, 0.05) is 11.4 Å². The highest BCUT2D eigenvalue weighted by Gasteiger charge is 2.32. The Bertz CT molecular complexity index is 429. The van der Waals surface area contributed by atoms with Crippen LogP contribution in [0.15, 0.2) is 24.3 Å². The molecule has 2 atom stereocenters. The van der Waals surface area contributed by atoms with Crippen molar-refractivity contribution in [1.29, 1.82) is 0 Å². The molecule has 0 bridgehead atoms. The first kappa shape index (κ1) is 16.3. The van der Waals surface area contributed by atoms with Gasteiger partial charge in [0.2, 0.25) is 0 Å². The molecule has 0 aliphatic carbocycles. The van der Waals surface area contributed by atoms with Crippen LogP contribution in [0.1, 0.15) is 44.9 Å². The number of hydrogen-bond donors (Lipinski definition) is 1. The molecule has 0 amide bonds. The minimum Gasteiger partial charge on any atom is -0.598 e. The molecule has 0 saturated carbocycles. The SMILES string of the molecule is C[C@H](N[S+]([O-])C(C)(C)C)c1cccc(C(F)(F)F)c1. The van der Waals surface area contributed by atoms with E-state index in [1.807, 2.05) is 0 Å². The largest absolute Gasteiger partial charge is 0.598 e. The standard InChI is InChI=1S/C13H18F3NOS/c1-9(17-19(18)12(2,3)4)10-6-5-7-11(8-10)13(14,15)16/h5-9,17H,1-4H3/t9-,19?/m0/s1. The van der Waals surface area contributed by atoms with Crippen molar-refractivity contribution in [3.8, 4) is 0 Å². The van der Waals surface area contributed by atoms with Crippen LogP contribution in [0, 0.1) is 0 Å². The average molecular weight is 293 g/mol. The lowest BCUT2D eigenvalue weighted by Gasteiger charge is -2.26. The Morgan fingerprint density at radius 1 is 1.21 bits per heavy atom. The van der Waals surface area contributed by atoms with Gasteiger partial charge in [-0.05, 0) is 45.4 Å². The van der Waals surface area contributed by atoms with Crippen LogP contribution < -0.4 is 4.72 Å². The van der Waals surface area contributed by atoms with E-state index in [1.54, 1.807) is 33.8 Å². The number of hydrogen-bond acceptors (Lipinski definition) is 2. The molecular weight excluding hydrogens is 275 g/mol. The molecule has 1 aromatic carbocycles. The molecule has 1 N–H and O–H groups in total. The van der Waals surface area contributed by atoms with Gasteiger partial charge in [0.05, 0.1) is 11.6 Å². The number of halogens is 3. The molecular formula is C13H18F3NOS. The summed E-state index contributed by atoms with van der Waals surface area (Å²) >= 11 is -1.33. The first-order valence-corrected chi connectivity index (χ1v) is 7.02. The van der Waals surface area contributed by atoms with E-state index in [9.17, 15) is 17.7 Å². The van der Waals surface area contributed by atoms with E-state index in [4.69, 9.17) is 0 Å². The van der Waals surface area contributed by atoms with Gasteiger partial charge in [0.25, 0.3) is 0 Å². The predicted octanol–water partition coefficient (Wildman–Crippen LogP) is 3.82. The van der Waals surface area contributed by atoms with Crippen molar-refractivity contribution in [2.24, 2.45) is 0 Å². The van der Waals surface area contributed by atoms with Crippen LogP contribution in [-0.4, -0.2) is 9.30 Å². The average Bonchev–Trinajstić information content (AvgIpc) is 2.26. The summed E-state index contributed by atoms with van der Waals surface area (Å²) in [7, 11) is 0. The fraction of sp³-hybridized carbons (Fsp3) is 0.538. The topological polar surface area (TPSA) is 35.1 Å². The molecule has 0 spiro atoms. The Hall–Kier alpha value is -0.720. The zero-order valence-corrected chi connectivity index (χ0v) is 12.2. The maximum atomic E-state index is 12.6. The smallest absolute Gasteiger partial charge is 0.416 e. The van der Waals surface area contributed by atoms with Crippen LogP contribution in [0.5, 0.6) is 0 Å². The monoisotopic (exact) mass is 293 g/mol. The van der Waals surface area contributed by atoms with E-state index in [0.29, 0.717) is 5.56 Å². The summed E-state index contributed by atoms with van der Waals surface area (Å²) in [5.41, 5.74) is -0.229. The van der Waals surface area contributed by atoms with Gasteiger partial charge >= 0.3 is 6.18 Å². The van der Waals surface area contributed by atoms with Crippen LogP contribution in [0.2, 0.25) is 0 Å². The fourth-order valence-corrected chi connectivity index (χ4v) is 2.20. The third-order valence-electron chi connectivity index (χ3n) is 2.55. The number of benzene rings is 1. The molecule has 2 nitrogen and oxygen atoms in total. The quantitative estimate of drug-likeness (QED) is 0.860. The first-order chi connectivity index (χ1) is 8.51. The summed E-state index contributed by atoms with van der Waals surface area (Å²) in [5, 5.41) is 0. The van der Waals surface area contributed by atoms with Crippen molar-refractivity contribution in [3.63, 3.8) is 0 Å². The maximum Gasteiger partial charge on any atom is 0.416 e. The highest BCUT2D eigenvalue weighted by Crippen LogP contribution is 2.31. The van der Waals surface area contributed by atoms with E-state index >= 15 is 0 Å². The van der Waals surface area contributed by atoms with E-state index in [2.05, 4.69) is 4.72 Å². The van der Waals surface area contributed by atoms with Crippen molar-refractivity contribution >= 4 is 11.4 Å². The molecule has 0 fully saturated rings. The second-order valence-corrected chi connectivity index (χ2v) is 7.34. The summed E-state index contributed by atoms with van der Waals surface area (Å²) in [6.07, 6.45) is -4.36. The molecule has 1 unspecified atom stereocenters. The summed E-state index contributed by atoms with van der Waals surface area (Å²) in [5.74, 6) is 0. The lowest BCUT2D eigenvalue weighted by molar-refractivity contribution is -0.137. The van der Waals surface area contributed by atoms with Gasteiger partial charge in [-0.25, -0.2) is 0 Å². The van der Waals surface area contributed by atoms with Crippen LogP contribution in [-0.2, 0) is 17.5 Å². The van der Waals surface area contributed by atoms with Gasteiger partial charge in [0.15, 0.2) is 0 Å². The van der Waals surface area contributed by atoms with Crippen LogP contribution in [0.4, 0.5) is 13.2 Å². The van der Waals surface area contributed by atoms with Gasteiger partial charge in [0.1, 0.15) is 4.75 Å². The Morgan fingerprint density at radius 3 is 2.26 bits per heavy atom. The van der Waals surface area contributed by atoms with Crippen molar-refractivity contribution in [2.75, 3.05) is 0 Å². The third kappa shape index (κ3) is 4.71. The molecule has 0 heterocycles. The number of alkyl halides is 3. The minimum absolute atomic E-state index is 0.414. The van der Waals surface area contributed by atoms with Gasteiger partial charge in [-0.2, -0.15) is 13.2 Å². The lowest BCUT2D eigenvalue weighted by atomic mass is 10.1. The zero-order valence-electron chi connectivity index (χ0n) is 11.3. The first-order valence-electron chi connectivity index (χ1n) is 5.87. The second-order valence-electron chi connectivity index (χ2n) is 5.34. The fourth-order valence-electron chi connectivity index (χ4n) is 1.39. The molecule has 0 saturated heterocycles. The molecule has 0 aliphatic heterocycles. The molecule has 108 valence electrons. The lowest BCUT2D eigenvalue weighted by Crippen LogP contribution is -2.40. The minimum atomic E-state index is -4.36. The summed E-state index contributed by atoms with van der Waals surface area (Å²) in [6.45, 7) is 7.10. The Morgan fingerprint density at radius 2 is 1.79 bits per heavy atom. The van der Waals surface area contributed by atoms with Crippen molar-refractivity contribution < 1.29 is 17.7 Å². The summed E-state index contributed by atoms with van der Waals surface area (Å²) < 4.78 is 52.1. The molecule has 0 aliphatic rings. The Balaban J connectivity index is 2.86. The molecule has 19 heavy (non-hydrogen) atoms. The van der Waals surface area contributed by atoms with E-state index in [0.717, 1.165) is 12.1 Å². The van der Waals surface area contributed by atoms with Crippen molar-refractivity contribution in [1.82, 2.24) is 4.72 Å². The van der Waals surface area contributed by atoms with Crippen molar-refractivity contribution in [2.45, 2.75) is 44.7 Å². The normalized spacial score (nSPS) is 16.2. The summed E-state index contributed by atoms with van der Waals surface area (Å²) in [6, 6.07) is 4.64. The second kappa shape index (κ2) is 5.73. The van der Waals surface area contributed by atoms with Gasteiger partial charge < -0.3 is 4.55 Å². The summed E-state index contributed by atoms with van der Waals surface area (Å²) in [4.78, 5) is 0. The van der Waals surface area contributed by atoms with Gasteiger partial charge in [-0.15, -0.1) is 4.72 Å². The highest BCUT2D eigenvalue weighted by atomic mass is 32.2. The number of nitrogens with one attached hydrogen (secondary N) is 1. The molecule has 0 radical (unpaired) electrons. The highest BCUT2D eigenvalue weighted by molar-refractivity contribution is 7.90. The third-order valence-corrected chi connectivity index (χ3v) is 4.23. The van der Waals surface area contributed by atoms with E-state index in [-0.39, 0.29) is 0 Å². The molecule has 6 heteroatoms. The Labute approximate surface area is 114 Å². The van der Waals surface area contributed by atoms with E-state index in [1.165, 1.54) is 6.07 Å². The number of rotatable bonds is 3. The van der Waals surface area contributed by atoms with Crippen LogP contribution in [0.3, 0.4) is 0 Å². The van der Waals surface area contributed by atoms with Crippen LogP contribution in [0.25, 0.3) is 0 Å². The molecule has 1 aromatic rings. The maximum absolute atomic E-state index is 12.6. The van der Waals surface area contributed by atoms with Gasteiger partial charge in [-0.1, -0.05) is 12.1 Å².